The van der Waals surface area contributed by atoms with E-state index >= 15 is 0 Å². The van der Waals surface area contributed by atoms with E-state index in [0.29, 0.717) is 24.4 Å². The smallest absolute Gasteiger partial charge is 0.242 e. The van der Waals surface area contributed by atoms with Gasteiger partial charge in [-0.15, -0.1) is 11.8 Å². The van der Waals surface area contributed by atoms with Crippen molar-refractivity contribution in [2.75, 3.05) is 19.4 Å². The first-order valence-corrected chi connectivity index (χ1v) is 11.1. The summed E-state index contributed by atoms with van der Waals surface area (Å²) in [5, 5.41) is 2.85. The lowest BCUT2D eigenvalue weighted by atomic mass is 10.1. The van der Waals surface area contributed by atoms with Crippen LogP contribution in [-0.2, 0) is 21.9 Å². The summed E-state index contributed by atoms with van der Waals surface area (Å²) in [7, 11) is 1.60. The zero-order valence-corrected chi connectivity index (χ0v) is 18.5. The largest absolute Gasteiger partial charge is 0.497 e. The number of carbonyl (C=O) groups is 2. The average Bonchev–Trinajstić information content (AvgIpc) is 2.76. The van der Waals surface area contributed by atoms with Gasteiger partial charge in [0.2, 0.25) is 11.8 Å². The normalized spacial score (nSPS) is 11.6. The molecule has 0 spiro atoms. The highest BCUT2D eigenvalue weighted by atomic mass is 32.2. The predicted octanol–water partition coefficient (Wildman–Crippen LogP) is 4.01. The van der Waals surface area contributed by atoms with Gasteiger partial charge in [-0.05, 0) is 42.7 Å². The van der Waals surface area contributed by atoms with Crippen molar-refractivity contribution in [3.8, 4) is 5.75 Å². The molecule has 0 radical (unpaired) electrons. The number of nitrogens with one attached hydrogen (secondary N) is 1. The number of hydrogen-bond acceptors (Lipinski definition) is 4. The first-order chi connectivity index (χ1) is 14.5. The Hall–Kier alpha value is -2.54. The molecule has 5 nitrogen and oxygen atoms in total. The quantitative estimate of drug-likeness (QED) is 0.583. The number of thioether (sulfide) groups is 1. The SMILES string of the molecule is CCCNC(=O)[C@H](C)N(Cc1ccc(OC)cc1)C(=O)CSCc1ccccc1F. The third-order valence-electron chi connectivity index (χ3n) is 4.67. The molecule has 162 valence electrons. The van der Waals surface area contributed by atoms with Gasteiger partial charge in [0, 0.05) is 18.8 Å². The fourth-order valence-corrected chi connectivity index (χ4v) is 3.75. The molecule has 0 unspecified atom stereocenters. The summed E-state index contributed by atoms with van der Waals surface area (Å²) >= 11 is 1.34. The number of rotatable bonds is 11. The highest BCUT2D eigenvalue weighted by Crippen LogP contribution is 2.19. The first kappa shape index (κ1) is 23.7. The number of hydrogen-bond donors (Lipinski definition) is 1. The van der Waals surface area contributed by atoms with Gasteiger partial charge >= 0.3 is 0 Å². The Morgan fingerprint density at radius 3 is 2.50 bits per heavy atom. The minimum atomic E-state index is -0.611. The van der Waals surface area contributed by atoms with Gasteiger partial charge in [-0.1, -0.05) is 37.3 Å². The molecule has 1 atom stereocenters. The summed E-state index contributed by atoms with van der Waals surface area (Å²) in [6, 6.07) is 13.3. The van der Waals surface area contributed by atoms with Gasteiger partial charge in [-0.25, -0.2) is 4.39 Å². The van der Waals surface area contributed by atoms with Crippen LogP contribution >= 0.6 is 11.8 Å². The van der Waals surface area contributed by atoms with Crippen molar-refractivity contribution < 1.29 is 18.7 Å². The van der Waals surface area contributed by atoms with Crippen LogP contribution in [0.1, 0.15) is 31.4 Å². The van der Waals surface area contributed by atoms with E-state index in [1.54, 1.807) is 37.1 Å². The maximum absolute atomic E-state index is 13.8. The Balaban J connectivity index is 2.06. The van der Waals surface area contributed by atoms with Crippen LogP contribution in [0.4, 0.5) is 4.39 Å². The maximum Gasteiger partial charge on any atom is 0.242 e. The van der Waals surface area contributed by atoms with Crippen molar-refractivity contribution in [3.05, 3.63) is 65.5 Å². The molecule has 0 saturated carbocycles. The van der Waals surface area contributed by atoms with Gasteiger partial charge in [0.25, 0.3) is 0 Å². The first-order valence-electron chi connectivity index (χ1n) is 9.97. The van der Waals surface area contributed by atoms with Crippen LogP contribution in [0.25, 0.3) is 0 Å². The van der Waals surface area contributed by atoms with Crippen molar-refractivity contribution in [3.63, 3.8) is 0 Å². The minimum Gasteiger partial charge on any atom is -0.497 e. The molecule has 0 fully saturated rings. The van der Waals surface area contributed by atoms with E-state index < -0.39 is 6.04 Å². The van der Waals surface area contributed by atoms with Gasteiger partial charge < -0.3 is 15.0 Å². The summed E-state index contributed by atoms with van der Waals surface area (Å²) < 4.78 is 19.0. The zero-order chi connectivity index (χ0) is 21.9. The van der Waals surface area contributed by atoms with Crippen molar-refractivity contribution in [2.45, 2.75) is 38.6 Å². The van der Waals surface area contributed by atoms with Gasteiger partial charge in [-0.2, -0.15) is 0 Å². The average molecular weight is 433 g/mol. The molecule has 1 N–H and O–H groups in total. The molecular formula is C23H29FN2O3S. The number of benzene rings is 2. The molecule has 0 heterocycles. The standard InChI is InChI=1S/C23H29FN2O3S/c1-4-13-25-23(28)17(2)26(14-18-9-11-20(29-3)12-10-18)22(27)16-30-15-19-7-5-6-8-21(19)24/h5-12,17H,4,13-16H2,1-3H3,(H,25,28)/t17-/m0/s1. The van der Waals surface area contributed by atoms with E-state index in [4.69, 9.17) is 4.74 Å². The zero-order valence-electron chi connectivity index (χ0n) is 17.7. The number of amides is 2. The van der Waals surface area contributed by atoms with E-state index in [-0.39, 0.29) is 23.4 Å². The minimum absolute atomic E-state index is 0.161. The maximum atomic E-state index is 13.8. The van der Waals surface area contributed by atoms with Crippen molar-refractivity contribution in [1.82, 2.24) is 10.2 Å². The Morgan fingerprint density at radius 2 is 1.87 bits per heavy atom. The topological polar surface area (TPSA) is 58.6 Å². The molecule has 0 aliphatic heterocycles. The van der Waals surface area contributed by atoms with Crippen LogP contribution in [0.3, 0.4) is 0 Å². The van der Waals surface area contributed by atoms with Crippen LogP contribution in [-0.4, -0.2) is 42.2 Å². The van der Waals surface area contributed by atoms with Crippen LogP contribution in [0.15, 0.2) is 48.5 Å². The molecule has 0 bridgehead atoms. The molecule has 2 aromatic rings. The Morgan fingerprint density at radius 1 is 1.17 bits per heavy atom. The van der Waals surface area contributed by atoms with Crippen LogP contribution in [0.5, 0.6) is 5.75 Å². The molecular weight excluding hydrogens is 403 g/mol. The Bertz CT molecular complexity index is 829. The van der Waals surface area contributed by atoms with Gasteiger partial charge in [0.15, 0.2) is 0 Å². The molecule has 7 heteroatoms. The van der Waals surface area contributed by atoms with Crippen molar-refractivity contribution in [1.29, 1.82) is 0 Å². The van der Waals surface area contributed by atoms with E-state index in [1.807, 2.05) is 31.2 Å². The van der Waals surface area contributed by atoms with E-state index in [1.165, 1.54) is 17.8 Å². The number of ether oxygens (including phenoxy) is 1. The summed E-state index contributed by atoms with van der Waals surface area (Å²) in [6.45, 7) is 4.58. The lowest BCUT2D eigenvalue weighted by Crippen LogP contribution is -2.48. The highest BCUT2D eigenvalue weighted by molar-refractivity contribution is 7.99. The van der Waals surface area contributed by atoms with Gasteiger partial charge in [0.1, 0.15) is 17.6 Å². The molecule has 2 aromatic carbocycles. The van der Waals surface area contributed by atoms with E-state index in [0.717, 1.165) is 17.7 Å². The van der Waals surface area contributed by atoms with Crippen molar-refractivity contribution >= 4 is 23.6 Å². The third-order valence-corrected chi connectivity index (χ3v) is 5.64. The van der Waals surface area contributed by atoms with E-state index in [2.05, 4.69) is 5.32 Å². The molecule has 30 heavy (non-hydrogen) atoms. The molecule has 0 aliphatic rings. The lowest BCUT2D eigenvalue weighted by molar-refractivity contribution is -0.138. The van der Waals surface area contributed by atoms with Gasteiger partial charge in [-0.3, -0.25) is 9.59 Å². The number of methoxy groups -OCH3 is 1. The summed E-state index contributed by atoms with van der Waals surface area (Å²) in [4.78, 5) is 27.0. The lowest BCUT2D eigenvalue weighted by Gasteiger charge is -2.28. The summed E-state index contributed by atoms with van der Waals surface area (Å²) in [6.07, 6.45) is 0.823. The second-order valence-electron chi connectivity index (χ2n) is 6.92. The monoisotopic (exact) mass is 432 g/mol. The molecule has 0 aliphatic carbocycles. The number of halogens is 1. The summed E-state index contributed by atoms with van der Waals surface area (Å²) in [5.41, 5.74) is 1.46. The third kappa shape index (κ3) is 7.06. The van der Waals surface area contributed by atoms with E-state index in [9.17, 15) is 14.0 Å². The van der Waals surface area contributed by atoms with Crippen LogP contribution in [0, 0.1) is 5.82 Å². The number of carbonyl (C=O) groups excluding carboxylic acids is 2. The fourth-order valence-electron chi connectivity index (χ4n) is 2.85. The Labute approximate surface area is 182 Å². The Kier molecular flexibility index (Phi) is 9.67. The second kappa shape index (κ2) is 12.2. The fraction of sp³-hybridized carbons (Fsp3) is 0.391. The highest BCUT2D eigenvalue weighted by Gasteiger charge is 2.25. The summed E-state index contributed by atoms with van der Waals surface area (Å²) in [5.74, 6) is 0.663. The molecule has 2 amide bonds. The number of nitrogens with zero attached hydrogens (tertiary/aromatic N) is 1. The molecule has 2 rings (SSSR count). The molecule has 0 aromatic heterocycles. The predicted molar refractivity (Wildman–Crippen MR) is 119 cm³/mol. The molecule has 0 saturated heterocycles. The second-order valence-corrected chi connectivity index (χ2v) is 7.91. The van der Waals surface area contributed by atoms with Crippen LogP contribution < -0.4 is 10.1 Å². The van der Waals surface area contributed by atoms with Crippen molar-refractivity contribution in [2.24, 2.45) is 0 Å². The van der Waals surface area contributed by atoms with Gasteiger partial charge in [0.05, 0.1) is 12.9 Å². The van der Waals surface area contributed by atoms with Crippen LogP contribution in [0.2, 0.25) is 0 Å².